The fourth-order valence-electron chi connectivity index (χ4n) is 1.57. The molecule has 0 spiro atoms. The van der Waals surface area contributed by atoms with Crippen molar-refractivity contribution < 1.29 is 0 Å². The van der Waals surface area contributed by atoms with Gasteiger partial charge in [0.05, 0.1) is 17.9 Å². The van der Waals surface area contributed by atoms with Crippen LogP contribution in [0.2, 0.25) is 5.15 Å². The van der Waals surface area contributed by atoms with E-state index in [0.717, 1.165) is 6.42 Å². The van der Waals surface area contributed by atoms with E-state index in [2.05, 4.69) is 27.9 Å². The van der Waals surface area contributed by atoms with Crippen LogP contribution >= 0.6 is 11.6 Å². The Balaban J connectivity index is 2.22. The van der Waals surface area contributed by atoms with E-state index in [-0.39, 0.29) is 5.54 Å². The number of nitrogens with zero attached hydrogens (tertiary/aromatic N) is 2. The Morgan fingerprint density at radius 2 is 2.31 bits per heavy atom. The number of aromatic nitrogens is 2. The quantitative estimate of drug-likeness (QED) is 0.816. The third-order valence-corrected chi connectivity index (χ3v) is 2.61. The number of hydrogen-bond acceptors (Lipinski definition) is 3. The molecule has 0 amide bonds. The van der Waals surface area contributed by atoms with E-state index < -0.39 is 0 Å². The van der Waals surface area contributed by atoms with Crippen LogP contribution in [-0.4, -0.2) is 15.5 Å². The molecule has 0 saturated carbocycles. The van der Waals surface area contributed by atoms with Gasteiger partial charge in [-0.1, -0.05) is 42.0 Å². The summed E-state index contributed by atoms with van der Waals surface area (Å²) in [4.78, 5) is 8.13. The summed E-state index contributed by atoms with van der Waals surface area (Å²) in [7, 11) is 0. The Hall–Kier alpha value is -1.61. The van der Waals surface area contributed by atoms with Gasteiger partial charge in [-0.15, -0.1) is 6.58 Å². The van der Waals surface area contributed by atoms with Crippen LogP contribution in [0.1, 0.15) is 6.42 Å². The molecule has 2 rings (SSSR count). The number of halogens is 1. The van der Waals surface area contributed by atoms with Crippen LogP contribution in [0.4, 0.5) is 5.82 Å². The molecule has 0 bridgehead atoms. The molecule has 82 valence electrons. The van der Waals surface area contributed by atoms with E-state index in [1.807, 2.05) is 24.3 Å². The first kappa shape index (κ1) is 10.9. The van der Waals surface area contributed by atoms with Gasteiger partial charge in [-0.3, -0.25) is 4.98 Å². The Labute approximate surface area is 99.6 Å². The SMILES string of the molecule is C=C[C@]1(Nc2cncc(Cl)n2)C=CC=CC1. The molecule has 0 aliphatic heterocycles. The number of rotatable bonds is 3. The Morgan fingerprint density at radius 3 is 2.94 bits per heavy atom. The van der Waals surface area contributed by atoms with Crippen molar-refractivity contribution >= 4 is 17.4 Å². The van der Waals surface area contributed by atoms with Crippen molar-refractivity contribution in [1.82, 2.24) is 9.97 Å². The third kappa shape index (κ3) is 2.31. The summed E-state index contributed by atoms with van der Waals surface area (Å²) >= 11 is 5.78. The van der Waals surface area contributed by atoms with Crippen LogP contribution in [0.15, 0.2) is 49.4 Å². The van der Waals surface area contributed by atoms with E-state index >= 15 is 0 Å². The zero-order valence-electron chi connectivity index (χ0n) is 8.73. The summed E-state index contributed by atoms with van der Waals surface area (Å²) in [5, 5.41) is 3.65. The van der Waals surface area contributed by atoms with Crippen LogP contribution in [0.25, 0.3) is 0 Å². The second kappa shape index (κ2) is 4.49. The van der Waals surface area contributed by atoms with Crippen molar-refractivity contribution in [3.8, 4) is 0 Å². The highest BCUT2D eigenvalue weighted by molar-refractivity contribution is 6.29. The Bertz CT molecular complexity index is 453. The van der Waals surface area contributed by atoms with Gasteiger partial charge in [-0.05, 0) is 6.42 Å². The lowest BCUT2D eigenvalue weighted by atomic mass is 9.91. The molecule has 0 radical (unpaired) electrons. The van der Waals surface area contributed by atoms with Crippen molar-refractivity contribution in [2.24, 2.45) is 0 Å². The van der Waals surface area contributed by atoms with Gasteiger partial charge < -0.3 is 5.32 Å². The lowest BCUT2D eigenvalue weighted by Crippen LogP contribution is -2.34. The predicted octanol–water partition coefficient (Wildman–Crippen LogP) is 2.98. The highest BCUT2D eigenvalue weighted by Crippen LogP contribution is 2.23. The molecule has 0 unspecified atom stereocenters. The molecule has 4 heteroatoms. The van der Waals surface area contributed by atoms with E-state index in [1.165, 1.54) is 6.20 Å². The molecule has 1 heterocycles. The van der Waals surface area contributed by atoms with Crippen LogP contribution in [0.5, 0.6) is 0 Å². The average molecular weight is 234 g/mol. The molecular weight excluding hydrogens is 222 g/mol. The molecule has 1 aromatic rings. The van der Waals surface area contributed by atoms with Gasteiger partial charge in [0.15, 0.2) is 0 Å². The topological polar surface area (TPSA) is 37.8 Å². The third-order valence-electron chi connectivity index (χ3n) is 2.43. The predicted molar refractivity (Wildman–Crippen MR) is 66.5 cm³/mol. The molecule has 1 aromatic heterocycles. The standard InChI is InChI=1S/C12H12ClN3/c1-2-12(6-4-3-5-7-12)16-11-9-14-8-10(13)15-11/h2-6,8-9H,1,7H2,(H,15,16)/t12-/m0/s1. The van der Waals surface area contributed by atoms with Crippen LogP contribution in [-0.2, 0) is 0 Å². The van der Waals surface area contributed by atoms with Gasteiger partial charge in [-0.25, -0.2) is 4.98 Å². The molecule has 16 heavy (non-hydrogen) atoms. The summed E-state index contributed by atoms with van der Waals surface area (Å²) in [6.07, 6.45) is 13.9. The summed E-state index contributed by atoms with van der Waals surface area (Å²) in [6.45, 7) is 3.85. The van der Waals surface area contributed by atoms with Gasteiger partial charge in [-0.2, -0.15) is 0 Å². The average Bonchev–Trinajstić information content (AvgIpc) is 2.30. The van der Waals surface area contributed by atoms with Gasteiger partial charge in [0.2, 0.25) is 0 Å². The van der Waals surface area contributed by atoms with Crippen molar-refractivity contribution in [3.63, 3.8) is 0 Å². The first-order valence-corrected chi connectivity index (χ1v) is 5.36. The minimum atomic E-state index is -0.298. The normalized spacial score (nSPS) is 23.1. The van der Waals surface area contributed by atoms with Crippen molar-refractivity contribution in [1.29, 1.82) is 0 Å². The fourth-order valence-corrected chi connectivity index (χ4v) is 1.72. The lowest BCUT2D eigenvalue weighted by Gasteiger charge is -2.29. The number of allylic oxidation sites excluding steroid dienone is 2. The largest absolute Gasteiger partial charge is 0.356 e. The molecule has 3 nitrogen and oxygen atoms in total. The van der Waals surface area contributed by atoms with Crippen LogP contribution in [0.3, 0.4) is 0 Å². The van der Waals surface area contributed by atoms with Crippen LogP contribution < -0.4 is 5.32 Å². The zero-order chi connectivity index (χ0) is 11.4. The monoisotopic (exact) mass is 233 g/mol. The van der Waals surface area contributed by atoms with Gasteiger partial charge >= 0.3 is 0 Å². The molecule has 1 aliphatic rings. The smallest absolute Gasteiger partial charge is 0.149 e. The molecule has 0 fully saturated rings. The first-order valence-electron chi connectivity index (χ1n) is 4.98. The number of hydrogen-bond donors (Lipinski definition) is 1. The Kier molecular flexibility index (Phi) is 3.06. The lowest BCUT2D eigenvalue weighted by molar-refractivity contribution is 0.710. The minimum absolute atomic E-state index is 0.298. The highest BCUT2D eigenvalue weighted by Gasteiger charge is 2.23. The molecule has 0 aromatic carbocycles. The summed E-state index contributed by atoms with van der Waals surface area (Å²) in [6, 6.07) is 0. The van der Waals surface area contributed by atoms with Crippen molar-refractivity contribution in [3.05, 3.63) is 54.5 Å². The maximum atomic E-state index is 5.78. The van der Waals surface area contributed by atoms with E-state index in [9.17, 15) is 0 Å². The zero-order valence-corrected chi connectivity index (χ0v) is 9.48. The maximum Gasteiger partial charge on any atom is 0.149 e. The second-order valence-corrected chi connectivity index (χ2v) is 3.98. The van der Waals surface area contributed by atoms with Gasteiger partial charge in [0.25, 0.3) is 0 Å². The Morgan fingerprint density at radius 1 is 1.44 bits per heavy atom. The van der Waals surface area contributed by atoms with Crippen molar-refractivity contribution in [2.45, 2.75) is 12.0 Å². The van der Waals surface area contributed by atoms with Crippen molar-refractivity contribution in [2.75, 3.05) is 5.32 Å². The summed E-state index contributed by atoms with van der Waals surface area (Å²) in [5.41, 5.74) is -0.298. The molecule has 1 atom stereocenters. The van der Waals surface area contributed by atoms with Gasteiger partial charge in [0, 0.05) is 0 Å². The van der Waals surface area contributed by atoms with E-state index in [4.69, 9.17) is 11.6 Å². The van der Waals surface area contributed by atoms with E-state index in [0.29, 0.717) is 11.0 Å². The number of nitrogens with one attached hydrogen (secondary N) is 1. The molecular formula is C12H12ClN3. The van der Waals surface area contributed by atoms with Gasteiger partial charge in [0.1, 0.15) is 11.0 Å². The fraction of sp³-hybridized carbons (Fsp3) is 0.167. The highest BCUT2D eigenvalue weighted by atomic mass is 35.5. The second-order valence-electron chi connectivity index (χ2n) is 3.59. The van der Waals surface area contributed by atoms with E-state index in [1.54, 1.807) is 6.20 Å². The van der Waals surface area contributed by atoms with Crippen LogP contribution in [0, 0.1) is 0 Å². The maximum absolute atomic E-state index is 5.78. The number of anilines is 1. The summed E-state index contributed by atoms with van der Waals surface area (Å²) in [5.74, 6) is 0.646. The summed E-state index contributed by atoms with van der Waals surface area (Å²) < 4.78 is 0. The first-order chi connectivity index (χ1) is 7.74. The molecule has 1 aliphatic carbocycles. The molecule has 0 saturated heterocycles. The molecule has 1 N–H and O–H groups in total. The minimum Gasteiger partial charge on any atom is -0.356 e.